The average molecular weight is 516 g/mol. The maximum atomic E-state index is 13.5. The monoisotopic (exact) mass is 515 g/mol. The second-order valence-electron chi connectivity index (χ2n) is 10.4. The number of nitrogens with zero attached hydrogens (tertiary/aromatic N) is 7. The molecule has 3 aliphatic rings. The molecule has 9 nitrogen and oxygen atoms in total. The molecule has 3 aromatic rings. The van der Waals surface area contributed by atoms with Crippen molar-refractivity contribution >= 4 is 11.7 Å². The van der Waals surface area contributed by atoms with Crippen molar-refractivity contribution in [3.8, 4) is 11.9 Å². The Bertz CT molecular complexity index is 1360. The highest BCUT2D eigenvalue weighted by Gasteiger charge is 2.37. The third-order valence-electron chi connectivity index (χ3n) is 7.71. The Labute approximate surface area is 220 Å². The van der Waals surface area contributed by atoms with Crippen molar-refractivity contribution in [2.45, 2.75) is 51.2 Å². The molecule has 4 heterocycles. The molecule has 1 amide bonds. The molecule has 1 aliphatic carbocycles. The zero-order valence-electron chi connectivity index (χ0n) is 21.2. The first-order valence-electron chi connectivity index (χ1n) is 13.3. The Morgan fingerprint density at radius 2 is 1.87 bits per heavy atom. The molecule has 6 rings (SSSR count). The zero-order valence-corrected chi connectivity index (χ0v) is 21.2. The molecule has 1 saturated carbocycles. The number of hydroxylamine groups is 2. The highest BCUT2D eigenvalue weighted by molar-refractivity contribution is 5.79. The standard InChI is InChI=1S/C28H30FN7O2/c29-14-20-9-21(15-30)11-23(10-20)25-5-8-38-36(25)28(37)22-3-6-34(7-4-22)26-13-27(32-17-31-26)35-16-24(33-18-35)12-19-1-2-19/h9-11,13,16-19,22,25H,1-8,12,14H2. The number of halogens is 1. The number of imidazole rings is 1. The van der Waals surface area contributed by atoms with Crippen LogP contribution in [0.2, 0.25) is 0 Å². The first kappa shape index (κ1) is 24.5. The normalized spacial score (nSPS) is 20.1. The van der Waals surface area contributed by atoms with Crippen LogP contribution in [0.5, 0.6) is 0 Å². The number of nitriles is 1. The van der Waals surface area contributed by atoms with Crippen molar-refractivity contribution in [1.29, 1.82) is 5.26 Å². The lowest BCUT2D eigenvalue weighted by molar-refractivity contribution is -0.182. The summed E-state index contributed by atoms with van der Waals surface area (Å²) in [6.45, 7) is 1.14. The van der Waals surface area contributed by atoms with Crippen LogP contribution in [0, 0.1) is 23.2 Å². The smallest absolute Gasteiger partial charge is 0.249 e. The Kier molecular flexibility index (Phi) is 6.77. The van der Waals surface area contributed by atoms with Gasteiger partial charge >= 0.3 is 0 Å². The maximum absolute atomic E-state index is 13.5. The molecular formula is C28H30FN7O2. The van der Waals surface area contributed by atoms with Crippen molar-refractivity contribution in [1.82, 2.24) is 24.6 Å². The summed E-state index contributed by atoms with van der Waals surface area (Å²) in [5.41, 5.74) is 2.66. The molecule has 2 aliphatic heterocycles. The van der Waals surface area contributed by atoms with E-state index in [1.165, 1.54) is 17.9 Å². The number of benzene rings is 1. The summed E-state index contributed by atoms with van der Waals surface area (Å²) in [5.74, 6) is 2.16. The lowest BCUT2D eigenvalue weighted by Crippen LogP contribution is -2.42. The molecule has 1 atom stereocenters. The topological polar surface area (TPSA) is 100 Å². The Morgan fingerprint density at radius 3 is 2.63 bits per heavy atom. The van der Waals surface area contributed by atoms with Gasteiger partial charge in [0.05, 0.1) is 30.0 Å². The van der Waals surface area contributed by atoms with Gasteiger partial charge in [0, 0.05) is 37.7 Å². The van der Waals surface area contributed by atoms with Gasteiger partial charge in [0.1, 0.15) is 31.0 Å². The van der Waals surface area contributed by atoms with Crippen molar-refractivity contribution in [2.24, 2.45) is 11.8 Å². The van der Waals surface area contributed by atoms with Gasteiger partial charge in [-0.3, -0.25) is 14.2 Å². The van der Waals surface area contributed by atoms with E-state index >= 15 is 0 Å². The molecule has 10 heteroatoms. The number of amides is 1. The fourth-order valence-electron chi connectivity index (χ4n) is 5.44. The highest BCUT2D eigenvalue weighted by Crippen LogP contribution is 2.35. The SMILES string of the molecule is N#Cc1cc(CF)cc(C2CCON2C(=O)C2CCN(c3cc(-n4cnc(CC5CC5)c4)ncn3)CC2)c1. The summed E-state index contributed by atoms with van der Waals surface area (Å²) in [4.78, 5) is 34.9. The molecule has 38 heavy (non-hydrogen) atoms. The summed E-state index contributed by atoms with van der Waals surface area (Å²) in [6, 6.07) is 8.73. The van der Waals surface area contributed by atoms with E-state index in [2.05, 4.69) is 25.9 Å². The molecule has 1 unspecified atom stereocenters. The molecule has 0 bridgehead atoms. The Balaban J connectivity index is 1.10. The second kappa shape index (κ2) is 10.5. The van der Waals surface area contributed by atoms with Crippen LogP contribution in [-0.2, 0) is 22.7 Å². The van der Waals surface area contributed by atoms with E-state index in [1.807, 2.05) is 23.2 Å². The van der Waals surface area contributed by atoms with E-state index in [0.29, 0.717) is 50.1 Å². The van der Waals surface area contributed by atoms with E-state index in [0.717, 1.165) is 35.2 Å². The Hall–Kier alpha value is -3.84. The van der Waals surface area contributed by atoms with Gasteiger partial charge < -0.3 is 4.90 Å². The average Bonchev–Trinajstić information content (AvgIpc) is 3.43. The van der Waals surface area contributed by atoms with Crippen molar-refractivity contribution in [2.75, 3.05) is 24.6 Å². The summed E-state index contributed by atoms with van der Waals surface area (Å²) < 4.78 is 15.3. The van der Waals surface area contributed by atoms with Crippen LogP contribution in [0.15, 0.2) is 43.1 Å². The van der Waals surface area contributed by atoms with E-state index in [9.17, 15) is 14.4 Å². The quantitative estimate of drug-likeness (QED) is 0.467. The molecule has 0 spiro atoms. The lowest BCUT2D eigenvalue weighted by atomic mass is 9.94. The van der Waals surface area contributed by atoms with Gasteiger partial charge in [0.25, 0.3) is 0 Å². The summed E-state index contributed by atoms with van der Waals surface area (Å²) in [6.07, 6.45) is 11.0. The number of hydrogen-bond donors (Lipinski definition) is 0. The van der Waals surface area contributed by atoms with Crippen LogP contribution < -0.4 is 4.90 Å². The van der Waals surface area contributed by atoms with Crippen molar-refractivity contribution in [3.05, 3.63) is 65.5 Å². The molecule has 0 radical (unpaired) electrons. The predicted molar refractivity (Wildman–Crippen MR) is 137 cm³/mol. The van der Waals surface area contributed by atoms with Crippen molar-refractivity contribution < 1.29 is 14.0 Å². The molecule has 0 N–H and O–H groups in total. The number of carbonyl (C=O) groups is 1. The van der Waals surface area contributed by atoms with Gasteiger partial charge in [-0.15, -0.1) is 0 Å². The van der Waals surface area contributed by atoms with Crippen molar-refractivity contribution in [3.63, 3.8) is 0 Å². The van der Waals surface area contributed by atoms with Crippen LogP contribution in [0.25, 0.3) is 5.82 Å². The molecule has 196 valence electrons. The van der Waals surface area contributed by atoms with E-state index in [4.69, 9.17) is 4.84 Å². The highest BCUT2D eigenvalue weighted by atomic mass is 19.1. The number of rotatable bonds is 7. The molecule has 2 saturated heterocycles. The second-order valence-corrected chi connectivity index (χ2v) is 10.4. The van der Waals surface area contributed by atoms with E-state index in [1.54, 1.807) is 24.5 Å². The summed E-state index contributed by atoms with van der Waals surface area (Å²) in [7, 11) is 0. The summed E-state index contributed by atoms with van der Waals surface area (Å²) in [5, 5.41) is 10.8. The van der Waals surface area contributed by atoms with Gasteiger partial charge in [-0.25, -0.2) is 24.4 Å². The van der Waals surface area contributed by atoms with E-state index < -0.39 is 6.67 Å². The van der Waals surface area contributed by atoms with Gasteiger partial charge in [0.15, 0.2) is 0 Å². The molecule has 1 aromatic carbocycles. The third-order valence-corrected chi connectivity index (χ3v) is 7.71. The van der Waals surface area contributed by atoms with E-state index in [-0.39, 0.29) is 17.9 Å². The molecule has 2 aromatic heterocycles. The minimum atomic E-state index is -0.657. The summed E-state index contributed by atoms with van der Waals surface area (Å²) >= 11 is 0. The number of aromatic nitrogens is 4. The number of anilines is 1. The first-order valence-corrected chi connectivity index (χ1v) is 13.3. The van der Waals surface area contributed by atoms with Gasteiger partial charge in [-0.1, -0.05) is 6.07 Å². The van der Waals surface area contributed by atoms with Gasteiger partial charge in [-0.05, 0) is 61.3 Å². The fraction of sp³-hybridized carbons (Fsp3) is 0.464. The molecule has 3 fully saturated rings. The predicted octanol–water partition coefficient (Wildman–Crippen LogP) is 4.08. The Morgan fingerprint density at radius 1 is 1.05 bits per heavy atom. The van der Waals surface area contributed by atoms with Gasteiger partial charge in [-0.2, -0.15) is 5.26 Å². The largest absolute Gasteiger partial charge is 0.356 e. The van der Waals surface area contributed by atoms with Crippen LogP contribution in [0.4, 0.5) is 10.2 Å². The number of hydrogen-bond acceptors (Lipinski definition) is 7. The minimum absolute atomic E-state index is 0.0544. The van der Waals surface area contributed by atoms with Crippen LogP contribution in [0.1, 0.15) is 60.5 Å². The van der Waals surface area contributed by atoms with Gasteiger partial charge in [0.2, 0.25) is 5.91 Å². The van der Waals surface area contributed by atoms with Crippen LogP contribution in [-0.4, -0.2) is 50.2 Å². The zero-order chi connectivity index (χ0) is 26.1. The number of piperidine rings is 1. The third kappa shape index (κ3) is 5.11. The maximum Gasteiger partial charge on any atom is 0.249 e. The lowest BCUT2D eigenvalue weighted by Gasteiger charge is -2.34. The number of alkyl halides is 1. The van der Waals surface area contributed by atoms with Crippen LogP contribution >= 0.6 is 0 Å². The molecular weight excluding hydrogens is 485 g/mol. The van der Waals surface area contributed by atoms with Crippen LogP contribution in [0.3, 0.4) is 0 Å². The minimum Gasteiger partial charge on any atom is -0.356 e. The fourth-order valence-corrected chi connectivity index (χ4v) is 5.44. The first-order chi connectivity index (χ1) is 18.6. The number of carbonyl (C=O) groups excluding carboxylic acids is 1.